The van der Waals surface area contributed by atoms with Gasteiger partial charge in [0.15, 0.2) is 0 Å². The number of esters is 1. The van der Waals surface area contributed by atoms with Gasteiger partial charge in [0.2, 0.25) is 5.13 Å². The molecule has 4 nitrogen and oxygen atoms in total. The molecule has 2 atom stereocenters. The number of ether oxygens (including phenoxy) is 3. The van der Waals surface area contributed by atoms with Gasteiger partial charge in [-0.15, -0.1) is 0 Å². The van der Waals surface area contributed by atoms with E-state index in [9.17, 15) is 9.18 Å². The SMILES string of the molecule is CCOc1ccc([C@@]2(C(=O)OCc3cccc(Oc4ccccc4)c3)C[C@@]2(F)Cl)cc1. The molecule has 4 rings (SSSR count). The van der Waals surface area contributed by atoms with E-state index in [0.29, 0.717) is 29.4 Å². The Morgan fingerprint density at radius 3 is 2.29 bits per heavy atom. The van der Waals surface area contributed by atoms with Crippen LogP contribution in [0.15, 0.2) is 78.9 Å². The molecule has 6 heteroatoms. The number of hydrogen-bond donors (Lipinski definition) is 0. The highest BCUT2D eigenvalue weighted by Crippen LogP contribution is 2.64. The first-order valence-electron chi connectivity index (χ1n) is 10.0. The van der Waals surface area contributed by atoms with Crippen molar-refractivity contribution in [2.45, 2.75) is 30.5 Å². The molecule has 0 N–H and O–H groups in total. The van der Waals surface area contributed by atoms with E-state index in [4.69, 9.17) is 25.8 Å². The number of para-hydroxylation sites is 1. The smallest absolute Gasteiger partial charge is 0.321 e. The predicted molar refractivity (Wildman–Crippen MR) is 116 cm³/mol. The summed E-state index contributed by atoms with van der Waals surface area (Å²) in [7, 11) is 0. The zero-order valence-electron chi connectivity index (χ0n) is 17.0. The minimum atomic E-state index is -2.17. The van der Waals surface area contributed by atoms with E-state index in [2.05, 4.69) is 0 Å². The monoisotopic (exact) mass is 440 g/mol. The van der Waals surface area contributed by atoms with Gasteiger partial charge in [-0.3, -0.25) is 4.79 Å². The van der Waals surface area contributed by atoms with Crippen molar-refractivity contribution in [1.82, 2.24) is 0 Å². The molecule has 3 aromatic carbocycles. The highest BCUT2D eigenvalue weighted by atomic mass is 35.5. The summed E-state index contributed by atoms with van der Waals surface area (Å²) in [4.78, 5) is 12.9. The van der Waals surface area contributed by atoms with Crippen molar-refractivity contribution in [3.8, 4) is 17.2 Å². The van der Waals surface area contributed by atoms with Crippen molar-refractivity contribution in [2.24, 2.45) is 0 Å². The van der Waals surface area contributed by atoms with Gasteiger partial charge in [0.25, 0.3) is 0 Å². The second-order valence-electron chi connectivity index (χ2n) is 7.38. The van der Waals surface area contributed by atoms with E-state index in [1.54, 1.807) is 30.3 Å². The second-order valence-corrected chi connectivity index (χ2v) is 7.98. The van der Waals surface area contributed by atoms with E-state index in [-0.39, 0.29) is 13.0 Å². The Morgan fingerprint density at radius 1 is 0.968 bits per heavy atom. The van der Waals surface area contributed by atoms with Gasteiger partial charge in [-0.1, -0.05) is 54.1 Å². The summed E-state index contributed by atoms with van der Waals surface area (Å²) >= 11 is 5.97. The lowest BCUT2D eigenvalue weighted by Gasteiger charge is -2.17. The predicted octanol–water partition coefficient (Wildman–Crippen LogP) is 6.17. The van der Waals surface area contributed by atoms with Gasteiger partial charge >= 0.3 is 5.97 Å². The van der Waals surface area contributed by atoms with Crippen molar-refractivity contribution in [2.75, 3.05) is 6.61 Å². The van der Waals surface area contributed by atoms with Crippen LogP contribution < -0.4 is 9.47 Å². The minimum absolute atomic E-state index is 0.0173. The molecule has 0 saturated heterocycles. The summed E-state index contributed by atoms with van der Waals surface area (Å²) in [6.45, 7) is 2.37. The van der Waals surface area contributed by atoms with E-state index in [1.165, 1.54) is 0 Å². The van der Waals surface area contributed by atoms with Crippen LogP contribution in [-0.4, -0.2) is 17.7 Å². The maximum Gasteiger partial charge on any atom is 0.321 e. The van der Waals surface area contributed by atoms with Crippen LogP contribution in [0, 0.1) is 0 Å². The summed E-state index contributed by atoms with van der Waals surface area (Å²) in [6, 6.07) is 23.3. The summed E-state index contributed by atoms with van der Waals surface area (Å²) in [6.07, 6.45) is -0.133. The maximum absolute atomic E-state index is 14.7. The van der Waals surface area contributed by atoms with Crippen LogP contribution in [0.5, 0.6) is 17.2 Å². The summed E-state index contributed by atoms with van der Waals surface area (Å²) in [5.74, 6) is 1.27. The highest BCUT2D eigenvalue weighted by molar-refractivity contribution is 6.29. The maximum atomic E-state index is 14.7. The van der Waals surface area contributed by atoms with Gasteiger partial charge in [-0.25, -0.2) is 4.39 Å². The topological polar surface area (TPSA) is 44.8 Å². The fourth-order valence-corrected chi connectivity index (χ4v) is 3.93. The number of carbonyl (C=O) groups is 1. The van der Waals surface area contributed by atoms with Crippen LogP contribution in [0.25, 0.3) is 0 Å². The Labute approximate surface area is 185 Å². The van der Waals surface area contributed by atoms with E-state index in [0.717, 1.165) is 5.56 Å². The Morgan fingerprint density at radius 2 is 1.65 bits per heavy atom. The number of hydrogen-bond acceptors (Lipinski definition) is 4. The van der Waals surface area contributed by atoms with Crippen LogP contribution in [0.3, 0.4) is 0 Å². The minimum Gasteiger partial charge on any atom is -0.494 e. The molecule has 1 aliphatic rings. The fraction of sp³-hybridized carbons (Fsp3) is 0.240. The Hall–Kier alpha value is -3.05. The third kappa shape index (κ3) is 4.37. The van der Waals surface area contributed by atoms with Gasteiger partial charge in [0, 0.05) is 6.42 Å². The molecule has 0 spiro atoms. The molecule has 0 heterocycles. The van der Waals surface area contributed by atoms with Crippen LogP contribution in [0.1, 0.15) is 24.5 Å². The standard InChI is InChI=1S/C25H22ClFO4/c1-2-29-20-13-11-19(12-14-20)24(17-25(24,26)27)23(28)30-16-18-7-6-10-22(15-18)31-21-8-4-3-5-9-21/h3-15H,2,16-17H2,1H3/t24-,25+/m1/s1. The average Bonchev–Trinajstić information content (AvgIpc) is 3.37. The third-order valence-corrected chi connectivity index (χ3v) is 5.70. The van der Waals surface area contributed by atoms with Crippen LogP contribution in [0.4, 0.5) is 4.39 Å². The summed E-state index contributed by atoms with van der Waals surface area (Å²) < 4.78 is 31.4. The third-order valence-electron chi connectivity index (χ3n) is 5.24. The molecule has 0 radical (unpaired) electrons. The molecule has 1 aliphatic carbocycles. The number of halogens is 2. The van der Waals surface area contributed by atoms with Gasteiger partial charge in [0.1, 0.15) is 29.3 Å². The van der Waals surface area contributed by atoms with Gasteiger partial charge in [0.05, 0.1) is 6.61 Å². The zero-order chi connectivity index (χ0) is 21.9. The molecule has 160 valence electrons. The van der Waals surface area contributed by atoms with Crippen molar-refractivity contribution >= 4 is 17.6 Å². The fourth-order valence-electron chi connectivity index (χ4n) is 3.54. The van der Waals surface area contributed by atoms with Crippen LogP contribution >= 0.6 is 11.6 Å². The first kappa shape index (κ1) is 21.2. The van der Waals surface area contributed by atoms with E-state index in [1.807, 2.05) is 55.5 Å². The second kappa shape index (κ2) is 8.60. The van der Waals surface area contributed by atoms with Gasteiger partial charge in [-0.05, 0) is 54.4 Å². The molecule has 1 saturated carbocycles. The molecule has 3 aromatic rings. The van der Waals surface area contributed by atoms with Gasteiger partial charge in [-0.2, -0.15) is 0 Å². The lowest BCUT2D eigenvalue weighted by molar-refractivity contribution is -0.149. The molecule has 0 amide bonds. The molecular formula is C25H22ClFO4. The highest BCUT2D eigenvalue weighted by Gasteiger charge is 2.75. The Bertz CT molecular complexity index is 1050. The number of alkyl halides is 2. The quantitative estimate of drug-likeness (QED) is 0.310. The van der Waals surface area contributed by atoms with Crippen molar-refractivity contribution in [3.63, 3.8) is 0 Å². The first-order chi connectivity index (χ1) is 14.9. The van der Waals surface area contributed by atoms with E-state index < -0.39 is 16.5 Å². The number of carbonyl (C=O) groups excluding carboxylic acids is 1. The number of rotatable bonds is 8. The molecule has 31 heavy (non-hydrogen) atoms. The Kier molecular flexibility index (Phi) is 5.88. The largest absolute Gasteiger partial charge is 0.494 e. The molecule has 0 aromatic heterocycles. The molecule has 0 unspecified atom stereocenters. The van der Waals surface area contributed by atoms with Gasteiger partial charge < -0.3 is 14.2 Å². The lowest BCUT2D eigenvalue weighted by Crippen LogP contribution is -2.29. The molecule has 1 fully saturated rings. The zero-order valence-corrected chi connectivity index (χ0v) is 17.8. The number of benzene rings is 3. The van der Waals surface area contributed by atoms with Crippen molar-refractivity contribution in [1.29, 1.82) is 0 Å². The normalized spacial score (nSPS) is 21.9. The first-order valence-corrected chi connectivity index (χ1v) is 10.4. The summed E-state index contributed by atoms with van der Waals surface area (Å²) in [5.41, 5.74) is -0.319. The average molecular weight is 441 g/mol. The van der Waals surface area contributed by atoms with Crippen LogP contribution in [0.2, 0.25) is 0 Å². The summed E-state index contributed by atoms with van der Waals surface area (Å²) in [5, 5.41) is -2.17. The van der Waals surface area contributed by atoms with Crippen molar-refractivity contribution in [3.05, 3.63) is 90.0 Å². The molecular weight excluding hydrogens is 419 g/mol. The van der Waals surface area contributed by atoms with Crippen molar-refractivity contribution < 1.29 is 23.4 Å². The molecule has 0 aliphatic heterocycles. The van der Waals surface area contributed by atoms with Crippen LogP contribution in [-0.2, 0) is 21.6 Å². The Balaban J connectivity index is 1.45. The molecule has 0 bridgehead atoms. The van der Waals surface area contributed by atoms with E-state index >= 15 is 0 Å². The lowest BCUT2D eigenvalue weighted by atomic mass is 9.95.